The highest BCUT2D eigenvalue weighted by Crippen LogP contribution is 2.32. The normalized spacial score (nSPS) is 26.2. The molecular weight excluding hydrogens is 288 g/mol. The number of aromatic nitrogens is 2. The van der Waals surface area contributed by atoms with E-state index in [0.717, 1.165) is 24.2 Å². The molecule has 2 aliphatic rings. The topological polar surface area (TPSA) is 59.0 Å². The van der Waals surface area contributed by atoms with Gasteiger partial charge in [0.1, 0.15) is 0 Å². The van der Waals surface area contributed by atoms with Gasteiger partial charge in [-0.2, -0.15) is 5.10 Å². The van der Waals surface area contributed by atoms with Gasteiger partial charge >= 0.3 is 0 Å². The molecule has 1 aromatic carbocycles. The average molecular weight is 310 g/mol. The van der Waals surface area contributed by atoms with E-state index in [0.29, 0.717) is 24.4 Å². The van der Waals surface area contributed by atoms with Crippen molar-refractivity contribution in [1.82, 2.24) is 15.1 Å². The lowest BCUT2D eigenvalue weighted by molar-refractivity contribution is -0.117. The number of nitrogens with one attached hydrogen (secondary N) is 2. The fraction of sp³-hybridized carbons (Fsp3) is 0.444. The molecule has 0 aliphatic carbocycles. The molecule has 2 N–H and O–H groups in total. The Bertz CT molecular complexity index is 670. The Labute approximate surface area is 136 Å². The highest BCUT2D eigenvalue weighted by Gasteiger charge is 2.34. The largest absolute Gasteiger partial charge is 0.326 e. The monoisotopic (exact) mass is 310 g/mol. The summed E-state index contributed by atoms with van der Waals surface area (Å²) >= 11 is 0. The van der Waals surface area contributed by atoms with Gasteiger partial charge in [0, 0.05) is 36.6 Å². The van der Waals surface area contributed by atoms with E-state index in [2.05, 4.69) is 15.7 Å². The van der Waals surface area contributed by atoms with E-state index in [4.69, 9.17) is 0 Å². The molecule has 4 rings (SSSR count). The van der Waals surface area contributed by atoms with Crippen LogP contribution in [0, 0.1) is 5.92 Å². The van der Waals surface area contributed by atoms with Crippen LogP contribution in [0.25, 0.3) is 5.69 Å². The first kappa shape index (κ1) is 14.5. The van der Waals surface area contributed by atoms with Crippen LogP contribution < -0.4 is 10.6 Å². The van der Waals surface area contributed by atoms with Gasteiger partial charge in [-0.1, -0.05) is 6.07 Å². The Morgan fingerprint density at radius 2 is 2.09 bits per heavy atom. The van der Waals surface area contributed by atoms with Gasteiger partial charge in [-0.05, 0) is 55.9 Å². The van der Waals surface area contributed by atoms with Gasteiger partial charge < -0.3 is 10.6 Å². The number of anilines is 1. The third-order valence-electron chi connectivity index (χ3n) is 4.94. The van der Waals surface area contributed by atoms with E-state index < -0.39 is 0 Å². The molecule has 0 radical (unpaired) electrons. The lowest BCUT2D eigenvalue weighted by Crippen LogP contribution is -2.39. The Kier molecular flexibility index (Phi) is 3.87. The zero-order valence-corrected chi connectivity index (χ0v) is 13.1. The summed E-state index contributed by atoms with van der Waals surface area (Å²) in [6.07, 6.45) is 9.08. The maximum atomic E-state index is 12.4. The molecule has 0 spiro atoms. The minimum absolute atomic E-state index is 0.119. The zero-order chi connectivity index (χ0) is 15.6. The van der Waals surface area contributed by atoms with Crippen molar-refractivity contribution in [3.05, 3.63) is 42.7 Å². The third-order valence-corrected chi connectivity index (χ3v) is 4.94. The molecule has 5 nitrogen and oxygen atoms in total. The van der Waals surface area contributed by atoms with E-state index >= 15 is 0 Å². The lowest BCUT2D eigenvalue weighted by atomic mass is 9.89. The fourth-order valence-corrected chi connectivity index (χ4v) is 3.96. The van der Waals surface area contributed by atoms with Crippen LogP contribution in [0.2, 0.25) is 0 Å². The maximum absolute atomic E-state index is 12.4. The summed E-state index contributed by atoms with van der Waals surface area (Å²) in [5.74, 6) is 0.636. The van der Waals surface area contributed by atoms with Crippen molar-refractivity contribution in [2.45, 2.75) is 44.2 Å². The molecule has 5 heteroatoms. The van der Waals surface area contributed by atoms with Crippen LogP contribution in [-0.2, 0) is 4.79 Å². The van der Waals surface area contributed by atoms with Gasteiger partial charge in [0.15, 0.2) is 0 Å². The molecule has 120 valence electrons. The summed E-state index contributed by atoms with van der Waals surface area (Å²) in [6, 6.07) is 11.0. The zero-order valence-electron chi connectivity index (χ0n) is 13.1. The summed E-state index contributed by atoms with van der Waals surface area (Å²) in [5, 5.41) is 10.9. The quantitative estimate of drug-likeness (QED) is 0.913. The molecule has 2 fully saturated rings. The summed E-state index contributed by atoms with van der Waals surface area (Å²) in [7, 11) is 0. The molecule has 1 amide bonds. The average Bonchev–Trinajstić information content (AvgIpc) is 3.17. The van der Waals surface area contributed by atoms with Crippen LogP contribution in [0.5, 0.6) is 0 Å². The first-order valence-electron chi connectivity index (χ1n) is 8.42. The van der Waals surface area contributed by atoms with Crippen LogP contribution in [0.1, 0.15) is 32.1 Å². The smallest absolute Gasteiger partial charge is 0.224 e. The Morgan fingerprint density at radius 3 is 2.83 bits per heavy atom. The number of amides is 1. The Balaban J connectivity index is 1.38. The van der Waals surface area contributed by atoms with Crippen LogP contribution in [0.15, 0.2) is 42.7 Å². The van der Waals surface area contributed by atoms with E-state index in [1.165, 1.54) is 12.8 Å². The van der Waals surface area contributed by atoms with Crippen molar-refractivity contribution in [2.75, 3.05) is 5.32 Å². The van der Waals surface area contributed by atoms with Crippen LogP contribution in [-0.4, -0.2) is 27.8 Å². The number of piperidine rings is 1. The molecule has 23 heavy (non-hydrogen) atoms. The second-order valence-corrected chi connectivity index (χ2v) is 6.73. The van der Waals surface area contributed by atoms with Crippen LogP contribution >= 0.6 is 0 Å². The highest BCUT2D eigenvalue weighted by atomic mass is 16.1. The lowest BCUT2D eigenvalue weighted by Gasteiger charge is -2.28. The summed E-state index contributed by atoms with van der Waals surface area (Å²) < 4.78 is 1.79. The van der Waals surface area contributed by atoms with Crippen molar-refractivity contribution >= 4 is 11.6 Å². The van der Waals surface area contributed by atoms with Crippen molar-refractivity contribution in [2.24, 2.45) is 5.92 Å². The number of hydrogen-bond donors (Lipinski definition) is 2. The summed E-state index contributed by atoms with van der Waals surface area (Å²) in [5.41, 5.74) is 1.78. The Hall–Kier alpha value is -2.14. The highest BCUT2D eigenvalue weighted by molar-refractivity contribution is 5.91. The predicted octanol–water partition coefficient (Wildman–Crippen LogP) is 2.73. The molecular formula is C18H22N4O. The molecule has 3 heterocycles. The van der Waals surface area contributed by atoms with Crippen molar-refractivity contribution < 1.29 is 4.79 Å². The van der Waals surface area contributed by atoms with Crippen LogP contribution in [0.4, 0.5) is 5.69 Å². The number of fused-ring (bicyclic) bond motifs is 2. The van der Waals surface area contributed by atoms with Gasteiger partial charge in [-0.25, -0.2) is 4.68 Å². The molecule has 1 aromatic heterocycles. The van der Waals surface area contributed by atoms with Crippen molar-refractivity contribution in [3.63, 3.8) is 0 Å². The number of carbonyl (C=O) groups excluding carboxylic acids is 1. The number of nitrogens with zero attached hydrogens (tertiary/aromatic N) is 2. The molecule has 2 unspecified atom stereocenters. The molecule has 2 bridgehead atoms. The van der Waals surface area contributed by atoms with Crippen LogP contribution in [0.3, 0.4) is 0 Å². The second kappa shape index (κ2) is 6.16. The fourth-order valence-electron chi connectivity index (χ4n) is 3.96. The maximum Gasteiger partial charge on any atom is 0.224 e. The predicted molar refractivity (Wildman–Crippen MR) is 89.5 cm³/mol. The molecule has 2 aromatic rings. The minimum atomic E-state index is 0.119. The first-order valence-corrected chi connectivity index (χ1v) is 8.42. The van der Waals surface area contributed by atoms with Crippen molar-refractivity contribution in [3.8, 4) is 5.69 Å². The summed E-state index contributed by atoms with van der Waals surface area (Å²) in [4.78, 5) is 12.4. The number of hydrogen-bond acceptors (Lipinski definition) is 3. The Morgan fingerprint density at radius 1 is 1.26 bits per heavy atom. The van der Waals surface area contributed by atoms with Gasteiger partial charge in [-0.15, -0.1) is 0 Å². The number of carbonyl (C=O) groups is 1. The first-order chi connectivity index (χ1) is 11.3. The van der Waals surface area contributed by atoms with Gasteiger partial charge in [-0.3, -0.25) is 4.79 Å². The van der Waals surface area contributed by atoms with E-state index in [1.54, 1.807) is 10.9 Å². The third kappa shape index (κ3) is 3.29. The molecule has 2 atom stereocenters. The minimum Gasteiger partial charge on any atom is -0.326 e. The number of benzene rings is 1. The van der Waals surface area contributed by atoms with Gasteiger partial charge in [0.25, 0.3) is 0 Å². The molecule has 2 saturated heterocycles. The second-order valence-electron chi connectivity index (χ2n) is 6.73. The van der Waals surface area contributed by atoms with Gasteiger partial charge in [0.05, 0.1) is 5.69 Å². The number of rotatable bonds is 4. The molecule has 2 aliphatic heterocycles. The SMILES string of the molecule is O=C(CC1CC2CCC(C1)N2)Nc1cccc(-n2cccn2)c1. The van der Waals surface area contributed by atoms with E-state index in [-0.39, 0.29) is 5.91 Å². The summed E-state index contributed by atoms with van der Waals surface area (Å²) in [6.45, 7) is 0. The van der Waals surface area contributed by atoms with Crippen molar-refractivity contribution in [1.29, 1.82) is 0 Å². The standard InChI is InChI=1S/C18H22N4O/c23-18(11-13-9-15-5-6-16(10-13)20-15)21-14-3-1-4-17(12-14)22-8-2-7-19-22/h1-4,7-8,12-13,15-16,20H,5-6,9-11H2,(H,21,23). The van der Waals surface area contributed by atoms with Gasteiger partial charge in [0.2, 0.25) is 5.91 Å². The molecule has 0 saturated carbocycles. The van der Waals surface area contributed by atoms with E-state index in [9.17, 15) is 4.79 Å². The van der Waals surface area contributed by atoms with E-state index in [1.807, 2.05) is 36.5 Å².